The van der Waals surface area contributed by atoms with Crippen LogP contribution in [-0.2, 0) is 11.3 Å². The lowest BCUT2D eigenvalue weighted by atomic mass is 10.1. The molecule has 0 bridgehead atoms. The van der Waals surface area contributed by atoms with Gasteiger partial charge in [0.2, 0.25) is 5.91 Å². The molecule has 23 heavy (non-hydrogen) atoms. The number of carbonyl (C=O) groups is 1. The molecule has 1 aromatic heterocycles. The normalized spacial score (nSPS) is 10.9. The second kappa shape index (κ2) is 6.38. The molecule has 1 heterocycles. The fourth-order valence-corrected chi connectivity index (χ4v) is 3.34. The summed E-state index contributed by atoms with van der Waals surface area (Å²) < 4.78 is 1.65. The van der Waals surface area contributed by atoms with Crippen molar-refractivity contribution < 1.29 is 4.79 Å². The zero-order valence-electron chi connectivity index (χ0n) is 13.2. The molecule has 0 spiro atoms. The summed E-state index contributed by atoms with van der Waals surface area (Å²) in [5.41, 5.74) is 1.77. The highest BCUT2D eigenvalue weighted by Gasteiger charge is 2.13. The molecule has 0 N–H and O–H groups in total. The molecule has 0 saturated carbocycles. The van der Waals surface area contributed by atoms with Crippen molar-refractivity contribution in [2.75, 3.05) is 11.9 Å². The lowest BCUT2D eigenvalue weighted by molar-refractivity contribution is -0.118. The van der Waals surface area contributed by atoms with Crippen LogP contribution in [0.2, 0.25) is 0 Å². The van der Waals surface area contributed by atoms with Gasteiger partial charge in [-0.1, -0.05) is 41.7 Å². The minimum Gasteiger partial charge on any atom is -0.315 e. The molecule has 3 aromatic rings. The molecule has 0 aliphatic heterocycles. The van der Waals surface area contributed by atoms with Crippen molar-refractivity contribution in [3.05, 3.63) is 63.2 Å². The molecule has 118 valence electrons. The number of benzene rings is 2. The average molecular weight is 326 g/mol. The van der Waals surface area contributed by atoms with E-state index in [9.17, 15) is 9.59 Å². The molecule has 3 rings (SSSR count). The molecule has 0 aliphatic carbocycles. The Morgan fingerprint density at radius 3 is 2.61 bits per heavy atom. The predicted octanol–water partition coefficient (Wildman–Crippen LogP) is 3.42. The van der Waals surface area contributed by atoms with Gasteiger partial charge in [-0.05, 0) is 29.8 Å². The number of anilines is 1. The second-order valence-corrected chi connectivity index (χ2v) is 6.35. The second-order valence-electron chi connectivity index (χ2n) is 5.53. The highest BCUT2D eigenvalue weighted by Crippen LogP contribution is 2.21. The van der Waals surface area contributed by atoms with Crippen LogP contribution in [0.3, 0.4) is 0 Å². The first-order chi connectivity index (χ1) is 11.1. The minimum absolute atomic E-state index is 0.00205. The molecule has 0 fully saturated rings. The van der Waals surface area contributed by atoms with Gasteiger partial charge in [-0.25, -0.2) is 0 Å². The molecular formula is C18H18N2O2S. The van der Waals surface area contributed by atoms with Crippen LogP contribution in [0.15, 0.2) is 52.6 Å². The Labute approximate surface area is 138 Å². The molecule has 2 aromatic carbocycles. The van der Waals surface area contributed by atoms with Crippen molar-refractivity contribution in [3.63, 3.8) is 0 Å². The van der Waals surface area contributed by atoms with Gasteiger partial charge in [0.05, 0.1) is 0 Å². The quantitative estimate of drug-likeness (QED) is 0.737. The fraction of sp³-hybridized carbons (Fsp3) is 0.222. The molecule has 0 unspecified atom stereocenters. The number of aromatic nitrogens is 1. The number of amides is 1. The fourth-order valence-electron chi connectivity index (χ4n) is 2.58. The Morgan fingerprint density at radius 1 is 1.17 bits per heavy atom. The maximum Gasteiger partial charge on any atom is 0.307 e. The Bertz CT molecular complexity index is 911. The summed E-state index contributed by atoms with van der Waals surface area (Å²) >= 11 is 1.17. The standard InChI is InChI=1S/C18H18N2O2S/c1-13-12-23-18(22)20(13)10-9-17(21)19(2)16-8-7-14-5-3-4-6-15(14)11-16/h3-8,11-12H,9-10H2,1-2H3. The Hall–Kier alpha value is -2.40. The van der Waals surface area contributed by atoms with E-state index in [1.807, 2.05) is 54.8 Å². The smallest absolute Gasteiger partial charge is 0.307 e. The van der Waals surface area contributed by atoms with Crippen molar-refractivity contribution in [1.29, 1.82) is 0 Å². The average Bonchev–Trinajstić information content (AvgIpc) is 2.89. The Morgan fingerprint density at radius 2 is 1.91 bits per heavy atom. The molecule has 5 heteroatoms. The summed E-state index contributed by atoms with van der Waals surface area (Å²) in [7, 11) is 1.77. The number of fused-ring (bicyclic) bond motifs is 1. The van der Waals surface area contributed by atoms with Crippen molar-refractivity contribution in [2.45, 2.75) is 19.9 Å². The first-order valence-corrected chi connectivity index (χ1v) is 8.34. The van der Waals surface area contributed by atoms with Crippen LogP contribution in [0.25, 0.3) is 10.8 Å². The summed E-state index contributed by atoms with van der Waals surface area (Å²) in [6.07, 6.45) is 0.306. The third-order valence-corrected chi connectivity index (χ3v) is 4.90. The number of hydrogen-bond donors (Lipinski definition) is 0. The monoisotopic (exact) mass is 326 g/mol. The van der Waals surface area contributed by atoms with Crippen LogP contribution in [0.5, 0.6) is 0 Å². The van der Waals surface area contributed by atoms with Gasteiger partial charge in [0, 0.05) is 36.8 Å². The van der Waals surface area contributed by atoms with Gasteiger partial charge < -0.3 is 9.47 Å². The van der Waals surface area contributed by atoms with E-state index in [4.69, 9.17) is 0 Å². The third-order valence-electron chi connectivity index (χ3n) is 4.02. The van der Waals surface area contributed by atoms with Gasteiger partial charge in [0.15, 0.2) is 0 Å². The molecule has 4 nitrogen and oxygen atoms in total. The maximum absolute atomic E-state index is 12.4. The van der Waals surface area contributed by atoms with E-state index in [-0.39, 0.29) is 10.8 Å². The molecule has 0 aliphatic rings. The van der Waals surface area contributed by atoms with E-state index in [0.717, 1.165) is 22.2 Å². The molecule has 0 saturated heterocycles. The maximum atomic E-state index is 12.4. The first kappa shape index (κ1) is 15.5. The number of hydrogen-bond acceptors (Lipinski definition) is 3. The lowest BCUT2D eigenvalue weighted by Crippen LogP contribution is -2.28. The number of thiazole rings is 1. The zero-order chi connectivity index (χ0) is 16.4. The van der Waals surface area contributed by atoms with Gasteiger partial charge in [-0.15, -0.1) is 0 Å². The van der Waals surface area contributed by atoms with Crippen LogP contribution < -0.4 is 9.77 Å². The van der Waals surface area contributed by atoms with E-state index < -0.39 is 0 Å². The van der Waals surface area contributed by atoms with Gasteiger partial charge in [0.1, 0.15) is 0 Å². The van der Waals surface area contributed by atoms with Crippen molar-refractivity contribution in [2.24, 2.45) is 0 Å². The van der Waals surface area contributed by atoms with Crippen LogP contribution in [0.1, 0.15) is 12.1 Å². The third kappa shape index (κ3) is 3.19. The number of rotatable bonds is 4. The number of carbonyl (C=O) groups excluding carboxylic acids is 1. The largest absolute Gasteiger partial charge is 0.315 e. The topological polar surface area (TPSA) is 42.3 Å². The van der Waals surface area contributed by atoms with Crippen LogP contribution in [0.4, 0.5) is 5.69 Å². The summed E-state index contributed by atoms with van der Waals surface area (Å²) in [5, 5.41) is 4.08. The summed E-state index contributed by atoms with van der Waals surface area (Å²) in [5.74, 6) is -0.00205. The predicted molar refractivity (Wildman–Crippen MR) is 95.3 cm³/mol. The van der Waals surface area contributed by atoms with Crippen molar-refractivity contribution >= 4 is 33.7 Å². The Balaban J connectivity index is 1.74. The van der Waals surface area contributed by atoms with Gasteiger partial charge >= 0.3 is 4.87 Å². The summed E-state index contributed by atoms with van der Waals surface area (Å²) in [4.78, 5) is 25.7. The van der Waals surface area contributed by atoms with Crippen molar-refractivity contribution in [3.8, 4) is 0 Å². The van der Waals surface area contributed by atoms with Crippen LogP contribution in [0, 0.1) is 6.92 Å². The number of aryl methyl sites for hydroxylation is 1. The van der Waals surface area contributed by atoms with Crippen molar-refractivity contribution in [1.82, 2.24) is 4.57 Å². The lowest BCUT2D eigenvalue weighted by Gasteiger charge is -2.18. The van der Waals surface area contributed by atoms with Gasteiger partial charge in [-0.3, -0.25) is 9.59 Å². The van der Waals surface area contributed by atoms with Gasteiger partial charge in [0.25, 0.3) is 0 Å². The SMILES string of the molecule is Cc1csc(=O)n1CCC(=O)N(C)c1ccc2ccccc2c1. The highest BCUT2D eigenvalue weighted by atomic mass is 32.1. The van der Waals surface area contributed by atoms with E-state index in [1.165, 1.54) is 11.3 Å². The highest BCUT2D eigenvalue weighted by molar-refractivity contribution is 7.07. The molecular weight excluding hydrogens is 308 g/mol. The van der Waals surface area contributed by atoms with E-state index in [0.29, 0.717) is 13.0 Å². The summed E-state index contributed by atoms with van der Waals surface area (Å²) in [6, 6.07) is 14.0. The van der Waals surface area contributed by atoms with E-state index in [1.54, 1.807) is 16.5 Å². The molecule has 0 radical (unpaired) electrons. The zero-order valence-corrected chi connectivity index (χ0v) is 14.0. The molecule has 1 amide bonds. The first-order valence-electron chi connectivity index (χ1n) is 7.46. The Kier molecular flexibility index (Phi) is 4.30. The van der Waals surface area contributed by atoms with E-state index in [2.05, 4.69) is 0 Å². The summed E-state index contributed by atoms with van der Waals surface area (Å²) in [6.45, 7) is 2.31. The minimum atomic E-state index is -0.0105. The van der Waals surface area contributed by atoms with Gasteiger partial charge in [-0.2, -0.15) is 0 Å². The van der Waals surface area contributed by atoms with Crippen LogP contribution >= 0.6 is 11.3 Å². The van der Waals surface area contributed by atoms with Crippen LogP contribution in [-0.4, -0.2) is 17.5 Å². The molecule has 0 atom stereocenters. The number of nitrogens with zero attached hydrogens (tertiary/aromatic N) is 2. The van der Waals surface area contributed by atoms with E-state index >= 15 is 0 Å².